The predicted octanol–water partition coefficient (Wildman–Crippen LogP) is 1.89. The van der Waals surface area contributed by atoms with Crippen LogP contribution in [0.25, 0.3) is 0 Å². The molecule has 17 heavy (non-hydrogen) atoms. The van der Waals surface area contributed by atoms with Crippen LogP contribution in [-0.2, 0) is 0 Å². The molecule has 1 aliphatic rings. The van der Waals surface area contributed by atoms with E-state index in [1.807, 2.05) is 0 Å². The molecule has 4 N–H and O–H groups in total. The molecule has 0 saturated heterocycles. The second-order valence-electron chi connectivity index (χ2n) is 4.51. The third-order valence-corrected chi connectivity index (χ3v) is 3.34. The van der Waals surface area contributed by atoms with Gasteiger partial charge in [-0.1, -0.05) is 12.8 Å². The molecular formula is C11H18FN5. The first-order valence-electron chi connectivity index (χ1n) is 5.96. The van der Waals surface area contributed by atoms with Gasteiger partial charge in [-0.3, -0.25) is 5.43 Å². The van der Waals surface area contributed by atoms with Crippen LogP contribution in [-0.4, -0.2) is 16.0 Å². The third-order valence-electron chi connectivity index (χ3n) is 3.34. The Labute approximate surface area is 100.0 Å². The van der Waals surface area contributed by atoms with Crippen LogP contribution >= 0.6 is 0 Å². The summed E-state index contributed by atoms with van der Waals surface area (Å²) in [7, 11) is 0. The fraction of sp³-hybridized carbons (Fsp3) is 0.636. The van der Waals surface area contributed by atoms with Crippen LogP contribution in [0.4, 0.5) is 16.2 Å². The number of hydrogen-bond donors (Lipinski definition) is 3. The highest BCUT2D eigenvalue weighted by Gasteiger charge is 2.22. The number of halogens is 1. The van der Waals surface area contributed by atoms with Gasteiger partial charge in [0.15, 0.2) is 11.6 Å². The van der Waals surface area contributed by atoms with E-state index in [0.29, 0.717) is 5.92 Å². The molecule has 1 aliphatic carbocycles. The summed E-state index contributed by atoms with van der Waals surface area (Å²) >= 11 is 0. The first kappa shape index (κ1) is 12.0. The fourth-order valence-corrected chi connectivity index (χ4v) is 2.33. The first-order valence-corrected chi connectivity index (χ1v) is 5.96. The quantitative estimate of drug-likeness (QED) is 0.552. The van der Waals surface area contributed by atoms with Crippen LogP contribution in [0.15, 0.2) is 6.20 Å². The van der Waals surface area contributed by atoms with E-state index in [2.05, 4.69) is 27.6 Å². The van der Waals surface area contributed by atoms with E-state index < -0.39 is 5.82 Å². The molecule has 0 aromatic carbocycles. The van der Waals surface area contributed by atoms with E-state index in [-0.39, 0.29) is 17.8 Å². The Kier molecular flexibility index (Phi) is 3.73. The highest BCUT2D eigenvalue weighted by Crippen LogP contribution is 2.29. The maximum atomic E-state index is 13.5. The molecule has 1 atom stereocenters. The van der Waals surface area contributed by atoms with Crippen molar-refractivity contribution in [2.75, 3.05) is 10.7 Å². The monoisotopic (exact) mass is 239 g/mol. The van der Waals surface area contributed by atoms with Crippen LogP contribution < -0.4 is 16.6 Å². The Morgan fingerprint density at radius 1 is 1.47 bits per heavy atom. The van der Waals surface area contributed by atoms with E-state index in [0.717, 1.165) is 6.20 Å². The van der Waals surface area contributed by atoms with Gasteiger partial charge in [0, 0.05) is 6.04 Å². The summed E-state index contributed by atoms with van der Waals surface area (Å²) in [6.45, 7) is 2.06. The molecule has 0 spiro atoms. The van der Waals surface area contributed by atoms with Crippen molar-refractivity contribution >= 4 is 11.8 Å². The Hall–Kier alpha value is -1.43. The molecular weight excluding hydrogens is 221 g/mol. The summed E-state index contributed by atoms with van der Waals surface area (Å²) in [4.78, 5) is 7.67. The highest BCUT2D eigenvalue weighted by atomic mass is 19.1. The van der Waals surface area contributed by atoms with Crippen molar-refractivity contribution in [2.45, 2.75) is 38.6 Å². The summed E-state index contributed by atoms with van der Waals surface area (Å²) in [5.74, 6) is 5.77. The maximum Gasteiger partial charge on any atom is 0.239 e. The van der Waals surface area contributed by atoms with Crippen LogP contribution in [0.1, 0.15) is 32.6 Å². The molecule has 1 unspecified atom stereocenters. The Morgan fingerprint density at radius 2 is 2.18 bits per heavy atom. The molecule has 1 saturated carbocycles. The van der Waals surface area contributed by atoms with E-state index >= 15 is 0 Å². The van der Waals surface area contributed by atoms with Gasteiger partial charge in [0.25, 0.3) is 0 Å². The zero-order chi connectivity index (χ0) is 12.3. The van der Waals surface area contributed by atoms with Gasteiger partial charge in [-0.15, -0.1) is 0 Å². The molecule has 1 heterocycles. The lowest BCUT2D eigenvalue weighted by Crippen LogP contribution is -2.25. The average Bonchev–Trinajstić information content (AvgIpc) is 2.85. The van der Waals surface area contributed by atoms with Gasteiger partial charge in [0.1, 0.15) is 0 Å². The van der Waals surface area contributed by atoms with Crippen LogP contribution in [0.2, 0.25) is 0 Å². The lowest BCUT2D eigenvalue weighted by molar-refractivity contribution is 0.477. The van der Waals surface area contributed by atoms with E-state index in [1.165, 1.54) is 25.7 Å². The van der Waals surface area contributed by atoms with Crippen molar-refractivity contribution in [3.8, 4) is 0 Å². The molecule has 0 amide bonds. The Bertz CT molecular complexity index is 378. The lowest BCUT2D eigenvalue weighted by atomic mass is 10.00. The van der Waals surface area contributed by atoms with Crippen molar-refractivity contribution < 1.29 is 4.39 Å². The standard InChI is InChI=1S/C11H18FN5/c1-7(8-4-2-3-5-8)15-10-9(12)6-14-11(16-10)17-13/h6-8H,2-5,13H2,1H3,(H2,14,15,16,17). The largest absolute Gasteiger partial charge is 0.365 e. The molecule has 0 radical (unpaired) electrons. The minimum atomic E-state index is -0.450. The summed E-state index contributed by atoms with van der Waals surface area (Å²) < 4.78 is 13.5. The van der Waals surface area contributed by atoms with Gasteiger partial charge in [-0.2, -0.15) is 4.98 Å². The number of nitrogens with zero attached hydrogens (tertiary/aromatic N) is 2. The van der Waals surface area contributed by atoms with Gasteiger partial charge >= 0.3 is 0 Å². The third kappa shape index (κ3) is 2.82. The van der Waals surface area contributed by atoms with Gasteiger partial charge in [-0.05, 0) is 25.7 Å². The molecule has 1 fully saturated rings. The minimum absolute atomic E-state index is 0.215. The second-order valence-corrected chi connectivity index (χ2v) is 4.51. The highest BCUT2D eigenvalue weighted by molar-refractivity contribution is 5.41. The zero-order valence-corrected chi connectivity index (χ0v) is 9.91. The summed E-state index contributed by atoms with van der Waals surface area (Å²) in [6.07, 6.45) is 6.04. The zero-order valence-electron chi connectivity index (χ0n) is 9.91. The van der Waals surface area contributed by atoms with Crippen LogP contribution in [0.5, 0.6) is 0 Å². The molecule has 6 heteroatoms. The van der Waals surface area contributed by atoms with Gasteiger partial charge < -0.3 is 5.32 Å². The Morgan fingerprint density at radius 3 is 2.82 bits per heavy atom. The van der Waals surface area contributed by atoms with Crippen molar-refractivity contribution in [1.29, 1.82) is 0 Å². The number of hydrogen-bond acceptors (Lipinski definition) is 5. The molecule has 1 aromatic rings. The number of nitrogens with one attached hydrogen (secondary N) is 2. The smallest absolute Gasteiger partial charge is 0.239 e. The van der Waals surface area contributed by atoms with Crippen LogP contribution in [0, 0.1) is 11.7 Å². The minimum Gasteiger partial charge on any atom is -0.365 e. The van der Waals surface area contributed by atoms with Crippen LogP contribution in [0.3, 0.4) is 0 Å². The Balaban J connectivity index is 2.06. The first-order chi connectivity index (χ1) is 8.20. The molecule has 5 nitrogen and oxygen atoms in total. The van der Waals surface area contributed by atoms with Crippen molar-refractivity contribution in [1.82, 2.24) is 9.97 Å². The lowest BCUT2D eigenvalue weighted by Gasteiger charge is -2.21. The maximum absolute atomic E-state index is 13.5. The molecule has 0 bridgehead atoms. The van der Waals surface area contributed by atoms with Crippen molar-refractivity contribution in [3.63, 3.8) is 0 Å². The van der Waals surface area contributed by atoms with E-state index in [4.69, 9.17) is 5.84 Å². The number of hydrazine groups is 1. The van der Waals surface area contributed by atoms with Gasteiger partial charge in [-0.25, -0.2) is 15.2 Å². The SMILES string of the molecule is CC(Nc1nc(NN)ncc1F)C1CCCC1. The predicted molar refractivity (Wildman–Crippen MR) is 64.8 cm³/mol. The normalized spacial score (nSPS) is 18.1. The average molecular weight is 239 g/mol. The fourth-order valence-electron chi connectivity index (χ4n) is 2.33. The molecule has 0 aliphatic heterocycles. The molecule has 94 valence electrons. The summed E-state index contributed by atoms with van der Waals surface area (Å²) in [5.41, 5.74) is 2.31. The number of rotatable bonds is 4. The summed E-state index contributed by atoms with van der Waals surface area (Å²) in [6, 6.07) is 0.215. The number of nitrogen functional groups attached to an aromatic ring is 1. The van der Waals surface area contributed by atoms with E-state index in [9.17, 15) is 4.39 Å². The van der Waals surface area contributed by atoms with E-state index in [1.54, 1.807) is 0 Å². The molecule has 1 aromatic heterocycles. The van der Waals surface area contributed by atoms with Crippen molar-refractivity contribution in [2.24, 2.45) is 11.8 Å². The van der Waals surface area contributed by atoms with Crippen molar-refractivity contribution in [3.05, 3.63) is 12.0 Å². The summed E-state index contributed by atoms with van der Waals surface area (Å²) in [5, 5.41) is 3.11. The second kappa shape index (κ2) is 5.27. The number of nitrogens with two attached hydrogens (primary N) is 1. The van der Waals surface area contributed by atoms with Gasteiger partial charge in [0.2, 0.25) is 5.95 Å². The molecule has 2 rings (SSSR count). The number of anilines is 2. The van der Waals surface area contributed by atoms with Gasteiger partial charge in [0.05, 0.1) is 6.20 Å². The number of aromatic nitrogens is 2. The topological polar surface area (TPSA) is 75.9 Å².